The summed E-state index contributed by atoms with van der Waals surface area (Å²) >= 11 is 1.82. The summed E-state index contributed by atoms with van der Waals surface area (Å²) in [6.45, 7) is 1.90. The average molecular weight is 438 g/mol. The molecule has 0 aliphatic heterocycles. The third-order valence-corrected chi connectivity index (χ3v) is 3.08. The van der Waals surface area contributed by atoms with E-state index in [0.29, 0.717) is 0 Å². The molecule has 0 unspecified atom stereocenters. The molecule has 0 bridgehead atoms. The van der Waals surface area contributed by atoms with E-state index in [0.717, 1.165) is 5.56 Å². The summed E-state index contributed by atoms with van der Waals surface area (Å²) in [5, 5.41) is 0. The molecule has 8 heteroatoms. The van der Waals surface area contributed by atoms with Crippen LogP contribution in [0.2, 0.25) is 0 Å². The molecule has 1 N–H and O–H groups in total. The van der Waals surface area contributed by atoms with Crippen molar-refractivity contribution in [2.24, 2.45) is 0 Å². The Labute approximate surface area is 142 Å². The van der Waals surface area contributed by atoms with Gasteiger partial charge >= 0.3 is 27.0 Å². The van der Waals surface area contributed by atoms with Gasteiger partial charge in [0.1, 0.15) is 10.0 Å². The first-order valence-corrected chi connectivity index (χ1v) is 8.02. The van der Waals surface area contributed by atoms with Crippen LogP contribution >= 0.6 is 9.69 Å². The third kappa shape index (κ3) is 7.99. The van der Waals surface area contributed by atoms with Crippen molar-refractivity contribution in [3.63, 3.8) is 0 Å². The number of sulfonamides is 1. The summed E-state index contributed by atoms with van der Waals surface area (Å²) in [7, 11) is 1.03. The van der Waals surface area contributed by atoms with Crippen LogP contribution in [0.1, 0.15) is 5.56 Å². The summed E-state index contributed by atoms with van der Waals surface area (Å²) in [6, 6.07) is 6.50. The molecule has 0 spiro atoms. The van der Waals surface area contributed by atoms with Crippen LogP contribution in [0.15, 0.2) is 29.2 Å². The van der Waals surface area contributed by atoms with Crippen LogP contribution in [0.3, 0.4) is 0 Å². The van der Waals surface area contributed by atoms with Crippen molar-refractivity contribution in [2.75, 3.05) is 13.1 Å². The normalized spacial score (nSPS) is 9.82. The summed E-state index contributed by atoms with van der Waals surface area (Å²) in [6.07, 6.45) is 0. The van der Waals surface area contributed by atoms with Gasteiger partial charge in [0.2, 0.25) is 0 Å². The molecular weight excluding hydrogens is 426 g/mol. The smallest absolute Gasteiger partial charge is 0 e. The fourth-order valence-corrected chi connectivity index (χ4v) is 1.91. The predicted molar refractivity (Wildman–Crippen MR) is 61.6 cm³/mol. The minimum absolute atomic E-state index is 0. The number of hydrogen-bond donors (Lipinski definition) is 0. The van der Waals surface area contributed by atoms with Crippen molar-refractivity contribution in [3.8, 4) is 0 Å². The van der Waals surface area contributed by atoms with Crippen molar-refractivity contribution in [3.05, 3.63) is 40.3 Å². The van der Waals surface area contributed by atoms with Crippen LogP contribution in [0.25, 0.3) is 10.5 Å². The van der Waals surface area contributed by atoms with Gasteiger partial charge in [-0.15, -0.1) is 0 Å². The minimum Gasteiger partial charge on any atom is 0 e. The van der Waals surface area contributed by atoms with E-state index in [1.807, 2.05) is 24.2 Å². The summed E-state index contributed by atoms with van der Waals surface area (Å²) in [5.41, 5.74) is 7.83. The van der Waals surface area contributed by atoms with Crippen LogP contribution in [0, 0.1) is 6.92 Å². The van der Waals surface area contributed by atoms with Gasteiger partial charge in [-0.2, -0.15) is 13.1 Å². The molecule has 0 heterocycles. The second-order valence-electron chi connectivity index (χ2n) is 2.89. The molecule has 0 amide bonds. The maximum atomic E-state index is 11.5. The van der Waals surface area contributed by atoms with Crippen LogP contribution in [0.5, 0.6) is 0 Å². The Morgan fingerprint density at radius 3 is 2.18 bits per heavy atom. The second kappa shape index (κ2) is 11.0. The fraction of sp³-hybridized carbons (Fsp3) is 0.333. The van der Waals surface area contributed by atoms with Gasteiger partial charge in [0, 0.05) is 37.6 Å². The zero-order chi connectivity index (χ0) is 12.6. The number of rotatable bonds is 4. The molecule has 1 aromatic rings. The molecule has 4 nitrogen and oxygen atoms in total. The van der Waals surface area contributed by atoms with Gasteiger partial charge in [-0.05, 0) is 19.1 Å². The van der Waals surface area contributed by atoms with Crippen molar-refractivity contribution in [2.45, 2.75) is 11.8 Å². The Balaban J connectivity index is 0. The number of aryl methyl sites for hydroxylation is 1. The molecule has 1 radical (unpaired) electrons. The Morgan fingerprint density at radius 2 is 1.76 bits per heavy atom. The standard InChI is InChI=1S/C9H12N2O2S.ClH.Ru.Y/c1-8-2-4-9(5-3-8)14(12,13)11-7-6-10;;;/h2-5,10H,6-7H2,1H3;1H;;/q-2;;+3;/p-1. The van der Waals surface area contributed by atoms with Gasteiger partial charge < -0.3 is 10.5 Å². The van der Waals surface area contributed by atoms with E-state index >= 15 is 0 Å². The molecule has 0 saturated heterocycles. The first-order chi connectivity index (χ1) is 7.56. The first-order valence-electron chi connectivity index (χ1n) is 4.34. The van der Waals surface area contributed by atoms with Crippen molar-refractivity contribution < 1.29 is 58.4 Å². The van der Waals surface area contributed by atoms with Gasteiger partial charge in [-0.25, -0.2) is 8.42 Å². The van der Waals surface area contributed by atoms with Crippen LogP contribution < -0.4 is 0 Å². The van der Waals surface area contributed by atoms with Gasteiger partial charge in [0.25, 0.3) is 0 Å². The monoisotopic (exact) mass is 438 g/mol. The molecule has 0 aliphatic carbocycles. The number of nitrogens with one attached hydrogen (secondary N) is 1. The van der Waals surface area contributed by atoms with E-state index in [2.05, 4.69) is 14.4 Å². The van der Waals surface area contributed by atoms with Gasteiger partial charge in [0.15, 0.2) is 0 Å². The van der Waals surface area contributed by atoms with Gasteiger partial charge in [-0.3, -0.25) is 0 Å². The van der Waals surface area contributed by atoms with E-state index < -0.39 is 10.0 Å². The van der Waals surface area contributed by atoms with E-state index in [4.69, 9.17) is 5.73 Å². The Kier molecular flexibility index (Phi) is 13.2. The maximum Gasteiger partial charge on any atom is 0 e. The Hall–Kier alpha value is 1.11. The van der Waals surface area contributed by atoms with E-state index in [1.165, 1.54) is 12.1 Å². The maximum absolute atomic E-state index is 11.5. The number of nitrogens with zero attached hydrogens (tertiary/aromatic N) is 1. The number of benzene rings is 1. The average Bonchev–Trinajstić information content (AvgIpc) is 2.30. The predicted octanol–water partition coefficient (Wildman–Crippen LogP) is 2.79. The van der Waals surface area contributed by atoms with Crippen LogP contribution in [0.4, 0.5) is 0 Å². The number of halogens is 1. The first kappa shape index (κ1) is 20.4. The summed E-state index contributed by atoms with van der Waals surface area (Å²) in [5.74, 6) is 0. The Bertz CT molecular complexity index is 400. The molecular formula is C9H12ClN2O2RuSY. The second-order valence-corrected chi connectivity index (χ2v) is 4.57. The van der Waals surface area contributed by atoms with Gasteiger partial charge in [-0.1, -0.05) is 17.7 Å². The van der Waals surface area contributed by atoms with Crippen LogP contribution in [-0.4, -0.2) is 21.5 Å². The molecule has 94 valence electrons. The van der Waals surface area contributed by atoms with E-state index in [1.54, 1.807) is 12.1 Å². The quantitative estimate of drug-likeness (QED) is 0.680. The molecule has 0 aliphatic rings. The molecule has 0 fully saturated rings. The van der Waals surface area contributed by atoms with E-state index in [9.17, 15) is 8.42 Å². The SMILES string of the molecule is Cc1ccc(S(=O)(=O)[N-]CC[NH-])cc1.[Cl][Ru+2].[Y]. The van der Waals surface area contributed by atoms with Crippen molar-refractivity contribution >= 4 is 19.7 Å². The zero-order valence-corrected chi connectivity index (χ0v) is 15.4. The zero-order valence-electron chi connectivity index (χ0n) is 9.20. The molecule has 0 atom stereocenters. The Morgan fingerprint density at radius 1 is 1.29 bits per heavy atom. The largest absolute Gasteiger partial charge is 0 e. The fourth-order valence-electron chi connectivity index (χ4n) is 0.951. The van der Waals surface area contributed by atoms with E-state index in [-0.39, 0.29) is 50.7 Å². The molecule has 0 aromatic heterocycles. The van der Waals surface area contributed by atoms with Gasteiger partial charge in [0.05, 0.1) is 0 Å². The summed E-state index contributed by atoms with van der Waals surface area (Å²) < 4.78 is 26.4. The topological polar surface area (TPSA) is 72.0 Å². The third-order valence-electron chi connectivity index (χ3n) is 1.69. The minimum atomic E-state index is -3.53. The van der Waals surface area contributed by atoms with Crippen molar-refractivity contribution in [1.29, 1.82) is 0 Å². The summed E-state index contributed by atoms with van der Waals surface area (Å²) in [4.78, 5) is 0.191. The van der Waals surface area contributed by atoms with Crippen molar-refractivity contribution in [1.82, 2.24) is 0 Å². The molecule has 0 saturated carbocycles. The molecule has 17 heavy (non-hydrogen) atoms. The molecule has 1 aromatic carbocycles. The van der Waals surface area contributed by atoms with Crippen LogP contribution in [-0.2, 0) is 60.0 Å². The number of hydrogen-bond acceptors (Lipinski definition) is 2. The molecule has 1 rings (SSSR count).